The highest BCUT2D eigenvalue weighted by molar-refractivity contribution is 7.99. The molecule has 20 heavy (non-hydrogen) atoms. The van der Waals surface area contributed by atoms with Gasteiger partial charge in [-0.05, 0) is 37.3 Å². The minimum Gasteiger partial charge on any atom is -0.324 e. The number of rotatable bonds is 5. The van der Waals surface area contributed by atoms with Crippen LogP contribution < -0.4 is 5.73 Å². The third-order valence-corrected chi connectivity index (χ3v) is 4.91. The van der Waals surface area contributed by atoms with E-state index in [1.165, 1.54) is 17.5 Å². The third-order valence-electron chi connectivity index (χ3n) is 3.81. The lowest BCUT2D eigenvalue weighted by Crippen LogP contribution is -2.19. The van der Waals surface area contributed by atoms with Crippen LogP contribution in [0.1, 0.15) is 42.8 Å². The second-order valence-electron chi connectivity index (χ2n) is 5.48. The van der Waals surface area contributed by atoms with Crippen LogP contribution >= 0.6 is 11.8 Å². The second-order valence-corrected chi connectivity index (χ2v) is 6.46. The topological polar surface area (TPSA) is 56.7 Å². The summed E-state index contributed by atoms with van der Waals surface area (Å²) in [6.07, 6.45) is 1.18. The van der Waals surface area contributed by atoms with Gasteiger partial charge in [0.25, 0.3) is 0 Å². The van der Waals surface area contributed by atoms with Crippen molar-refractivity contribution >= 4 is 11.8 Å². The van der Waals surface area contributed by atoms with Crippen LogP contribution in [0.4, 0.5) is 0 Å². The van der Waals surface area contributed by atoms with Crippen molar-refractivity contribution in [3.8, 4) is 0 Å². The molecule has 1 aromatic heterocycles. The quantitative estimate of drug-likeness (QED) is 0.860. The molecule has 0 saturated carbocycles. The summed E-state index contributed by atoms with van der Waals surface area (Å²) in [5, 5.41) is 9.47. The molecular formula is C15H20N4S. The van der Waals surface area contributed by atoms with Gasteiger partial charge < -0.3 is 10.3 Å². The lowest BCUT2D eigenvalue weighted by molar-refractivity contribution is 0.525. The molecule has 2 N–H and O–H groups in total. The predicted octanol–water partition coefficient (Wildman–Crippen LogP) is 2.75. The predicted molar refractivity (Wildman–Crippen MR) is 81.9 cm³/mol. The number of thioether (sulfide) groups is 1. The minimum atomic E-state index is 0.347. The van der Waals surface area contributed by atoms with Gasteiger partial charge in [0.15, 0.2) is 5.16 Å². The fraction of sp³-hybridized carbons (Fsp3) is 0.467. The largest absolute Gasteiger partial charge is 0.324 e. The standard InChI is InChI=1S/C15H20N4S/c1-10(2)19-14(8-16)17-18-15(19)20-9-12-7-11-5-3-4-6-13(11)12/h3-6,10,12H,7-9,16H2,1-2H3. The van der Waals surface area contributed by atoms with E-state index in [-0.39, 0.29) is 0 Å². The van der Waals surface area contributed by atoms with Crippen LogP contribution in [0, 0.1) is 0 Å². The van der Waals surface area contributed by atoms with Gasteiger partial charge in [0.1, 0.15) is 5.82 Å². The van der Waals surface area contributed by atoms with Crippen molar-refractivity contribution in [2.45, 2.75) is 43.9 Å². The summed E-state index contributed by atoms with van der Waals surface area (Å²) in [7, 11) is 0. The van der Waals surface area contributed by atoms with Crippen LogP contribution in [0.15, 0.2) is 29.4 Å². The molecule has 1 heterocycles. The van der Waals surface area contributed by atoms with Crippen molar-refractivity contribution < 1.29 is 0 Å². The summed E-state index contributed by atoms with van der Waals surface area (Å²) in [6, 6.07) is 9.05. The van der Waals surface area contributed by atoms with Crippen LogP contribution in [0.3, 0.4) is 0 Å². The highest BCUT2D eigenvalue weighted by atomic mass is 32.2. The first kappa shape index (κ1) is 13.6. The molecule has 1 atom stereocenters. The molecule has 4 nitrogen and oxygen atoms in total. The van der Waals surface area contributed by atoms with Gasteiger partial charge >= 0.3 is 0 Å². The SMILES string of the molecule is CC(C)n1c(CN)nnc1SCC1Cc2ccccc21. The molecule has 5 heteroatoms. The molecule has 0 radical (unpaired) electrons. The first-order valence-electron chi connectivity index (χ1n) is 7.05. The number of benzene rings is 1. The number of aromatic nitrogens is 3. The van der Waals surface area contributed by atoms with E-state index in [0.29, 0.717) is 18.5 Å². The van der Waals surface area contributed by atoms with Gasteiger partial charge in [0.2, 0.25) is 0 Å². The van der Waals surface area contributed by atoms with Crippen molar-refractivity contribution in [2.24, 2.45) is 5.73 Å². The first-order valence-corrected chi connectivity index (χ1v) is 8.03. The normalized spacial score (nSPS) is 17.1. The number of nitrogens with zero attached hydrogens (tertiary/aromatic N) is 3. The zero-order valence-corrected chi connectivity index (χ0v) is 12.7. The van der Waals surface area contributed by atoms with E-state index in [2.05, 4.69) is 52.9 Å². The Balaban J connectivity index is 1.70. The monoisotopic (exact) mass is 288 g/mol. The lowest BCUT2D eigenvalue weighted by Gasteiger charge is -2.29. The van der Waals surface area contributed by atoms with E-state index in [0.717, 1.165) is 16.7 Å². The van der Waals surface area contributed by atoms with Crippen LogP contribution in [-0.2, 0) is 13.0 Å². The third kappa shape index (κ3) is 2.36. The highest BCUT2D eigenvalue weighted by Crippen LogP contribution is 2.38. The van der Waals surface area contributed by atoms with Gasteiger partial charge in [-0.15, -0.1) is 10.2 Å². The zero-order chi connectivity index (χ0) is 14.1. The van der Waals surface area contributed by atoms with Crippen LogP contribution in [0.2, 0.25) is 0 Å². The maximum atomic E-state index is 5.73. The van der Waals surface area contributed by atoms with E-state index in [1.807, 2.05) is 0 Å². The fourth-order valence-electron chi connectivity index (χ4n) is 2.75. The summed E-state index contributed by atoms with van der Waals surface area (Å²) < 4.78 is 2.15. The smallest absolute Gasteiger partial charge is 0.191 e. The van der Waals surface area contributed by atoms with Gasteiger partial charge in [-0.2, -0.15) is 0 Å². The Morgan fingerprint density at radius 2 is 2.15 bits per heavy atom. The summed E-state index contributed by atoms with van der Waals surface area (Å²) in [4.78, 5) is 0. The maximum absolute atomic E-state index is 5.73. The Labute approximate surface area is 123 Å². The lowest BCUT2D eigenvalue weighted by atomic mass is 9.79. The number of nitrogens with two attached hydrogens (primary N) is 1. The second kappa shape index (κ2) is 5.58. The first-order chi connectivity index (χ1) is 9.70. The van der Waals surface area contributed by atoms with Gasteiger partial charge in [-0.3, -0.25) is 0 Å². The molecule has 0 aliphatic heterocycles. The van der Waals surface area contributed by atoms with E-state index < -0.39 is 0 Å². The summed E-state index contributed by atoms with van der Waals surface area (Å²) in [5.41, 5.74) is 8.71. The molecule has 106 valence electrons. The van der Waals surface area contributed by atoms with Crippen molar-refractivity contribution in [3.05, 3.63) is 41.2 Å². The molecule has 0 fully saturated rings. The molecule has 1 unspecified atom stereocenters. The molecule has 1 aliphatic carbocycles. The van der Waals surface area contributed by atoms with E-state index in [9.17, 15) is 0 Å². The zero-order valence-electron chi connectivity index (χ0n) is 11.9. The van der Waals surface area contributed by atoms with E-state index >= 15 is 0 Å². The molecule has 1 aliphatic rings. The van der Waals surface area contributed by atoms with Crippen LogP contribution in [0.5, 0.6) is 0 Å². The van der Waals surface area contributed by atoms with E-state index in [1.54, 1.807) is 11.8 Å². The Bertz CT molecular complexity index is 606. The maximum Gasteiger partial charge on any atom is 0.191 e. The molecule has 1 aromatic carbocycles. The Hall–Kier alpha value is -1.33. The number of hydrogen-bond donors (Lipinski definition) is 1. The summed E-state index contributed by atoms with van der Waals surface area (Å²) in [6.45, 7) is 4.73. The van der Waals surface area contributed by atoms with Crippen LogP contribution in [-0.4, -0.2) is 20.5 Å². The van der Waals surface area contributed by atoms with Crippen molar-refractivity contribution in [2.75, 3.05) is 5.75 Å². The molecule has 0 saturated heterocycles. The summed E-state index contributed by atoms with van der Waals surface area (Å²) in [5.74, 6) is 2.58. The highest BCUT2D eigenvalue weighted by Gasteiger charge is 2.26. The van der Waals surface area contributed by atoms with Crippen molar-refractivity contribution in [1.82, 2.24) is 14.8 Å². The summed E-state index contributed by atoms with van der Waals surface area (Å²) >= 11 is 1.79. The number of hydrogen-bond acceptors (Lipinski definition) is 4. The Kier molecular flexibility index (Phi) is 3.81. The van der Waals surface area contributed by atoms with Crippen LogP contribution in [0.25, 0.3) is 0 Å². The van der Waals surface area contributed by atoms with Gasteiger partial charge in [-0.1, -0.05) is 36.0 Å². The van der Waals surface area contributed by atoms with E-state index in [4.69, 9.17) is 5.73 Å². The van der Waals surface area contributed by atoms with Crippen molar-refractivity contribution in [1.29, 1.82) is 0 Å². The fourth-order valence-corrected chi connectivity index (χ4v) is 3.95. The Morgan fingerprint density at radius 1 is 1.35 bits per heavy atom. The Morgan fingerprint density at radius 3 is 2.85 bits per heavy atom. The van der Waals surface area contributed by atoms with Gasteiger partial charge in [0.05, 0.1) is 6.54 Å². The molecule has 0 bridgehead atoms. The number of fused-ring (bicyclic) bond motifs is 1. The molecule has 3 rings (SSSR count). The van der Waals surface area contributed by atoms with Gasteiger partial charge in [-0.25, -0.2) is 0 Å². The van der Waals surface area contributed by atoms with Gasteiger partial charge in [0, 0.05) is 11.8 Å². The minimum absolute atomic E-state index is 0.347. The average molecular weight is 288 g/mol. The average Bonchev–Trinajstić information content (AvgIpc) is 2.83. The molecule has 0 amide bonds. The molecular weight excluding hydrogens is 268 g/mol. The van der Waals surface area contributed by atoms with Crippen molar-refractivity contribution in [3.63, 3.8) is 0 Å². The molecule has 0 spiro atoms. The molecule has 2 aromatic rings.